The average Bonchev–Trinajstić information content (AvgIpc) is 2.68. The van der Waals surface area contributed by atoms with E-state index >= 15 is 0 Å². The summed E-state index contributed by atoms with van der Waals surface area (Å²) in [4.78, 5) is 4.27. The van der Waals surface area contributed by atoms with Crippen molar-refractivity contribution in [3.63, 3.8) is 0 Å². The number of fused-ring (bicyclic) bond motifs is 1. The lowest BCUT2D eigenvalue weighted by Gasteiger charge is -2.02. The molecule has 0 aliphatic rings. The van der Waals surface area contributed by atoms with Crippen molar-refractivity contribution >= 4 is 21.4 Å². The molecule has 0 bridgehead atoms. The van der Waals surface area contributed by atoms with Crippen LogP contribution in [0.2, 0.25) is 0 Å². The summed E-state index contributed by atoms with van der Waals surface area (Å²) in [6.45, 7) is 0. The molecule has 0 spiro atoms. The third-order valence-corrected chi connectivity index (χ3v) is 3.26. The molecule has 0 unspecified atom stereocenters. The molecular weight excluding hydrogens is 302 g/mol. The molecule has 5 heteroatoms. The van der Waals surface area contributed by atoms with Crippen molar-refractivity contribution in [2.24, 2.45) is 0 Å². The number of hydrogen-bond acceptors (Lipinski definition) is 1. The molecule has 18 heavy (non-hydrogen) atoms. The van der Waals surface area contributed by atoms with Gasteiger partial charge < -0.3 is 0 Å². The second-order valence-corrected chi connectivity index (χ2v) is 4.56. The topological polar surface area (TPSA) is 17.3 Å². The van der Waals surface area contributed by atoms with Gasteiger partial charge in [0.1, 0.15) is 22.1 Å². The molecule has 3 aromatic rings. The van der Waals surface area contributed by atoms with E-state index in [9.17, 15) is 8.78 Å². The SMILES string of the molecule is Fc1ccc(-c2nc(Br)c3ccccn23)c(F)c1. The van der Waals surface area contributed by atoms with Gasteiger partial charge in [-0.3, -0.25) is 4.40 Å². The molecule has 2 aromatic heterocycles. The molecule has 0 fully saturated rings. The van der Waals surface area contributed by atoms with Crippen LogP contribution in [-0.2, 0) is 0 Å². The van der Waals surface area contributed by atoms with Crippen LogP contribution in [-0.4, -0.2) is 9.38 Å². The maximum atomic E-state index is 13.8. The minimum atomic E-state index is -0.627. The first-order valence-electron chi connectivity index (χ1n) is 5.25. The zero-order chi connectivity index (χ0) is 12.7. The van der Waals surface area contributed by atoms with Crippen molar-refractivity contribution in [3.05, 3.63) is 58.8 Å². The molecule has 0 atom stereocenters. The lowest BCUT2D eigenvalue weighted by Crippen LogP contribution is -1.92. The Kier molecular flexibility index (Phi) is 2.63. The van der Waals surface area contributed by atoms with Crippen molar-refractivity contribution in [2.75, 3.05) is 0 Å². The second kappa shape index (κ2) is 4.17. The highest BCUT2D eigenvalue weighted by Gasteiger charge is 2.14. The lowest BCUT2D eigenvalue weighted by molar-refractivity contribution is 0.585. The quantitative estimate of drug-likeness (QED) is 0.663. The summed E-state index contributed by atoms with van der Waals surface area (Å²) in [5.74, 6) is -0.788. The van der Waals surface area contributed by atoms with Crippen LogP contribution in [0.1, 0.15) is 0 Å². The van der Waals surface area contributed by atoms with Crippen LogP contribution in [0.3, 0.4) is 0 Å². The molecule has 0 aliphatic heterocycles. The number of aromatic nitrogens is 2. The fourth-order valence-corrected chi connectivity index (χ4v) is 2.35. The number of halogens is 3. The van der Waals surface area contributed by atoms with E-state index in [0.29, 0.717) is 10.4 Å². The Labute approximate surface area is 110 Å². The summed E-state index contributed by atoms with van der Waals surface area (Å²) in [7, 11) is 0. The molecule has 0 saturated heterocycles. The Balaban J connectivity index is 2.32. The fraction of sp³-hybridized carbons (Fsp3) is 0. The zero-order valence-electron chi connectivity index (χ0n) is 9.07. The molecule has 1 aromatic carbocycles. The molecule has 0 N–H and O–H groups in total. The minimum absolute atomic E-state index is 0.267. The smallest absolute Gasteiger partial charge is 0.148 e. The minimum Gasteiger partial charge on any atom is -0.298 e. The van der Waals surface area contributed by atoms with Crippen LogP contribution in [0.25, 0.3) is 16.9 Å². The Morgan fingerprint density at radius 1 is 1.11 bits per heavy atom. The summed E-state index contributed by atoms with van der Waals surface area (Å²) in [5.41, 5.74) is 1.10. The van der Waals surface area contributed by atoms with Gasteiger partial charge >= 0.3 is 0 Å². The van der Waals surface area contributed by atoms with Gasteiger partial charge in [-0.15, -0.1) is 0 Å². The van der Waals surface area contributed by atoms with Gasteiger partial charge in [-0.05, 0) is 40.2 Å². The predicted octanol–water partition coefficient (Wildman–Crippen LogP) is 4.04. The van der Waals surface area contributed by atoms with Gasteiger partial charge in [0, 0.05) is 12.3 Å². The van der Waals surface area contributed by atoms with E-state index < -0.39 is 11.6 Å². The Morgan fingerprint density at radius 3 is 2.72 bits per heavy atom. The summed E-state index contributed by atoms with van der Waals surface area (Å²) in [5, 5.41) is 0. The van der Waals surface area contributed by atoms with Crippen molar-refractivity contribution < 1.29 is 8.78 Å². The van der Waals surface area contributed by atoms with E-state index in [1.165, 1.54) is 12.1 Å². The zero-order valence-corrected chi connectivity index (χ0v) is 10.7. The van der Waals surface area contributed by atoms with Gasteiger partial charge in [0.25, 0.3) is 0 Å². The van der Waals surface area contributed by atoms with Gasteiger partial charge in [0.15, 0.2) is 0 Å². The number of benzene rings is 1. The Hall–Kier alpha value is -1.75. The molecule has 0 radical (unpaired) electrons. The van der Waals surface area contributed by atoms with Crippen LogP contribution in [0.4, 0.5) is 8.78 Å². The van der Waals surface area contributed by atoms with Gasteiger partial charge in [0.2, 0.25) is 0 Å². The molecule has 0 aliphatic carbocycles. The van der Waals surface area contributed by atoms with E-state index in [4.69, 9.17) is 0 Å². The molecule has 3 rings (SSSR count). The van der Waals surface area contributed by atoms with Crippen LogP contribution < -0.4 is 0 Å². The Bertz CT molecular complexity index is 737. The van der Waals surface area contributed by atoms with E-state index in [0.717, 1.165) is 11.6 Å². The van der Waals surface area contributed by atoms with E-state index in [2.05, 4.69) is 20.9 Å². The first-order valence-corrected chi connectivity index (χ1v) is 6.04. The number of nitrogens with zero attached hydrogens (tertiary/aromatic N) is 2. The molecular formula is C13H7BrF2N2. The first kappa shape index (κ1) is 11.3. The third kappa shape index (κ3) is 1.71. The van der Waals surface area contributed by atoms with Gasteiger partial charge in [0.05, 0.1) is 11.1 Å². The van der Waals surface area contributed by atoms with E-state index in [-0.39, 0.29) is 5.56 Å². The highest BCUT2D eigenvalue weighted by Crippen LogP contribution is 2.27. The number of hydrogen-bond donors (Lipinski definition) is 0. The second-order valence-electron chi connectivity index (χ2n) is 3.81. The van der Waals surface area contributed by atoms with Gasteiger partial charge in [-0.25, -0.2) is 13.8 Å². The maximum Gasteiger partial charge on any atom is 0.148 e. The van der Waals surface area contributed by atoms with Crippen molar-refractivity contribution in [3.8, 4) is 11.4 Å². The third-order valence-electron chi connectivity index (χ3n) is 2.68. The predicted molar refractivity (Wildman–Crippen MR) is 68.2 cm³/mol. The number of pyridine rings is 1. The van der Waals surface area contributed by atoms with Gasteiger partial charge in [-0.2, -0.15) is 0 Å². The molecule has 2 nitrogen and oxygen atoms in total. The fourth-order valence-electron chi connectivity index (χ4n) is 1.86. The standard InChI is InChI=1S/C13H7BrF2N2/c14-12-11-3-1-2-6-18(11)13(17-12)9-5-4-8(15)7-10(9)16/h1-7H. The monoisotopic (exact) mass is 308 g/mol. The summed E-state index contributed by atoms with van der Waals surface area (Å²) in [6.07, 6.45) is 1.78. The van der Waals surface area contributed by atoms with Crippen LogP contribution in [0.15, 0.2) is 47.2 Å². The van der Waals surface area contributed by atoms with E-state index in [1.807, 2.05) is 18.2 Å². The van der Waals surface area contributed by atoms with Crippen molar-refractivity contribution in [1.29, 1.82) is 0 Å². The summed E-state index contributed by atoms with van der Waals surface area (Å²) < 4.78 is 29.0. The first-order chi connectivity index (χ1) is 8.66. The molecule has 0 saturated carbocycles. The van der Waals surface area contributed by atoms with E-state index in [1.54, 1.807) is 10.6 Å². The number of rotatable bonds is 1. The largest absolute Gasteiger partial charge is 0.298 e. The molecule has 0 amide bonds. The van der Waals surface area contributed by atoms with Crippen LogP contribution >= 0.6 is 15.9 Å². The van der Waals surface area contributed by atoms with Crippen molar-refractivity contribution in [2.45, 2.75) is 0 Å². The van der Waals surface area contributed by atoms with Crippen molar-refractivity contribution in [1.82, 2.24) is 9.38 Å². The number of imidazole rings is 1. The van der Waals surface area contributed by atoms with Crippen LogP contribution in [0, 0.1) is 11.6 Å². The molecule has 90 valence electrons. The highest BCUT2D eigenvalue weighted by molar-refractivity contribution is 9.10. The average molecular weight is 309 g/mol. The highest BCUT2D eigenvalue weighted by atomic mass is 79.9. The van der Waals surface area contributed by atoms with Crippen LogP contribution in [0.5, 0.6) is 0 Å². The molecule has 2 heterocycles. The summed E-state index contributed by atoms with van der Waals surface area (Å²) in [6, 6.07) is 9.02. The maximum absolute atomic E-state index is 13.8. The Morgan fingerprint density at radius 2 is 1.94 bits per heavy atom. The lowest BCUT2D eigenvalue weighted by atomic mass is 10.2. The van der Waals surface area contributed by atoms with Gasteiger partial charge in [-0.1, -0.05) is 6.07 Å². The summed E-state index contributed by atoms with van der Waals surface area (Å²) >= 11 is 3.33. The normalized spacial score (nSPS) is 11.1.